The summed E-state index contributed by atoms with van der Waals surface area (Å²) in [7, 11) is 0. The van der Waals surface area contributed by atoms with Gasteiger partial charge in [0, 0.05) is 25.2 Å². The molecule has 3 heterocycles. The minimum atomic E-state index is -0.738. The number of nitrogens with two attached hydrogens (primary N) is 2. The summed E-state index contributed by atoms with van der Waals surface area (Å²) in [4.78, 5) is 30.5. The van der Waals surface area contributed by atoms with Gasteiger partial charge in [-0.2, -0.15) is 4.68 Å². The molecule has 1 unspecified atom stereocenters. The molecule has 4 N–H and O–H groups in total. The van der Waals surface area contributed by atoms with E-state index < -0.39 is 17.1 Å². The summed E-state index contributed by atoms with van der Waals surface area (Å²) in [6.07, 6.45) is 2.38. The van der Waals surface area contributed by atoms with Gasteiger partial charge in [-0.3, -0.25) is 9.36 Å². The van der Waals surface area contributed by atoms with Crippen molar-refractivity contribution in [1.82, 2.24) is 14.2 Å². The van der Waals surface area contributed by atoms with Gasteiger partial charge in [0.1, 0.15) is 0 Å². The zero-order valence-corrected chi connectivity index (χ0v) is 12.4. The maximum Gasteiger partial charge on any atom is 0.351 e. The second kappa shape index (κ2) is 4.79. The highest BCUT2D eigenvalue weighted by atomic mass is 19.1. The van der Waals surface area contributed by atoms with Crippen LogP contribution in [0.5, 0.6) is 0 Å². The molecule has 2 aliphatic rings. The van der Waals surface area contributed by atoms with Crippen molar-refractivity contribution in [1.29, 1.82) is 0 Å². The summed E-state index contributed by atoms with van der Waals surface area (Å²) in [5.74, 6) is 5.06. The van der Waals surface area contributed by atoms with Crippen LogP contribution in [0.15, 0.2) is 15.7 Å². The molecule has 4 rings (SSSR count). The molecule has 23 heavy (non-hydrogen) atoms. The number of pyridine rings is 1. The second-order valence-electron chi connectivity index (χ2n) is 6.22. The SMILES string of the molecule is NC1CCN(c2nc3c(cc2F)c(=O)n(N)c(=O)n3C2CC2)C1. The van der Waals surface area contributed by atoms with Gasteiger partial charge in [0.05, 0.1) is 5.39 Å². The topological polar surface area (TPSA) is 112 Å². The van der Waals surface area contributed by atoms with Crippen LogP contribution in [-0.4, -0.2) is 33.4 Å². The zero-order valence-electron chi connectivity index (χ0n) is 12.4. The number of hydrogen-bond acceptors (Lipinski definition) is 6. The number of anilines is 1. The number of hydrogen-bond donors (Lipinski definition) is 2. The van der Waals surface area contributed by atoms with E-state index in [0.717, 1.165) is 25.3 Å². The van der Waals surface area contributed by atoms with Crippen LogP contribution in [0.25, 0.3) is 11.0 Å². The Morgan fingerprint density at radius 2 is 2.00 bits per heavy atom. The average Bonchev–Trinajstić information content (AvgIpc) is 3.26. The zero-order chi connectivity index (χ0) is 16.3. The molecule has 2 fully saturated rings. The predicted molar refractivity (Wildman–Crippen MR) is 83.4 cm³/mol. The highest BCUT2D eigenvalue weighted by Crippen LogP contribution is 2.35. The second-order valence-corrected chi connectivity index (χ2v) is 6.22. The number of fused-ring (bicyclic) bond motifs is 1. The molecule has 0 radical (unpaired) electrons. The maximum absolute atomic E-state index is 14.4. The third-order valence-corrected chi connectivity index (χ3v) is 4.46. The summed E-state index contributed by atoms with van der Waals surface area (Å²) in [6.45, 7) is 1.09. The van der Waals surface area contributed by atoms with E-state index in [-0.39, 0.29) is 28.9 Å². The van der Waals surface area contributed by atoms with E-state index in [0.29, 0.717) is 17.8 Å². The molecule has 1 saturated heterocycles. The van der Waals surface area contributed by atoms with E-state index in [1.165, 1.54) is 4.57 Å². The Morgan fingerprint density at radius 3 is 2.61 bits per heavy atom. The Labute approximate surface area is 130 Å². The van der Waals surface area contributed by atoms with Crippen LogP contribution in [0.1, 0.15) is 25.3 Å². The Kier molecular flexibility index (Phi) is 2.95. The standard InChI is InChI=1S/C14H17FN6O2/c15-10-5-9-11(18-12(10)19-4-3-7(16)6-19)20(8-1-2-8)14(23)21(17)13(9)22/h5,7-8H,1-4,6,16-17H2. The van der Waals surface area contributed by atoms with Crippen molar-refractivity contribution in [2.75, 3.05) is 23.8 Å². The Balaban J connectivity index is 2.00. The van der Waals surface area contributed by atoms with E-state index in [2.05, 4.69) is 4.98 Å². The molecule has 2 aromatic heterocycles. The quantitative estimate of drug-likeness (QED) is 0.707. The van der Waals surface area contributed by atoms with Gasteiger partial charge in [-0.05, 0) is 25.3 Å². The normalized spacial score (nSPS) is 21.3. The number of nitrogen functional groups attached to an aromatic ring is 1. The first kappa shape index (κ1) is 14.2. The molecule has 1 aliphatic heterocycles. The summed E-state index contributed by atoms with van der Waals surface area (Å²) in [5, 5.41) is 0.0174. The molecule has 122 valence electrons. The van der Waals surface area contributed by atoms with Crippen molar-refractivity contribution in [2.45, 2.75) is 31.3 Å². The minimum absolute atomic E-state index is 0.0174. The molecular weight excluding hydrogens is 303 g/mol. The Morgan fingerprint density at radius 1 is 1.26 bits per heavy atom. The van der Waals surface area contributed by atoms with E-state index in [4.69, 9.17) is 11.6 Å². The number of rotatable bonds is 2. The van der Waals surface area contributed by atoms with Crippen LogP contribution in [0, 0.1) is 5.82 Å². The highest BCUT2D eigenvalue weighted by Gasteiger charge is 2.30. The fraction of sp³-hybridized carbons (Fsp3) is 0.500. The smallest absolute Gasteiger partial charge is 0.351 e. The molecule has 0 spiro atoms. The minimum Gasteiger partial charge on any atom is -0.353 e. The van der Waals surface area contributed by atoms with Crippen LogP contribution >= 0.6 is 0 Å². The van der Waals surface area contributed by atoms with Gasteiger partial charge >= 0.3 is 5.69 Å². The predicted octanol–water partition coefficient (Wildman–Crippen LogP) is -0.717. The van der Waals surface area contributed by atoms with E-state index >= 15 is 0 Å². The van der Waals surface area contributed by atoms with Gasteiger partial charge in [-0.25, -0.2) is 14.2 Å². The van der Waals surface area contributed by atoms with E-state index in [1.54, 1.807) is 4.90 Å². The molecule has 9 heteroatoms. The first-order valence-electron chi connectivity index (χ1n) is 7.61. The average molecular weight is 320 g/mol. The van der Waals surface area contributed by atoms with Crippen molar-refractivity contribution in [2.24, 2.45) is 5.73 Å². The first-order chi connectivity index (χ1) is 11.0. The highest BCUT2D eigenvalue weighted by molar-refractivity contribution is 5.77. The van der Waals surface area contributed by atoms with Gasteiger partial charge in [0.25, 0.3) is 5.56 Å². The summed E-state index contributed by atoms with van der Waals surface area (Å²) >= 11 is 0. The molecule has 1 atom stereocenters. The van der Waals surface area contributed by atoms with Crippen molar-refractivity contribution in [3.05, 3.63) is 32.7 Å². The molecule has 0 bridgehead atoms. The van der Waals surface area contributed by atoms with Crippen molar-refractivity contribution in [3.63, 3.8) is 0 Å². The lowest BCUT2D eigenvalue weighted by atomic mass is 10.3. The molecule has 8 nitrogen and oxygen atoms in total. The van der Waals surface area contributed by atoms with Crippen LogP contribution in [-0.2, 0) is 0 Å². The molecule has 1 aliphatic carbocycles. The summed E-state index contributed by atoms with van der Waals surface area (Å²) in [5.41, 5.74) is 4.70. The lowest BCUT2D eigenvalue weighted by Crippen LogP contribution is -2.45. The van der Waals surface area contributed by atoms with E-state index in [9.17, 15) is 14.0 Å². The molecule has 0 amide bonds. The lowest BCUT2D eigenvalue weighted by Gasteiger charge is -2.19. The third kappa shape index (κ3) is 2.11. The molecule has 2 aromatic rings. The van der Waals surface area contributed by atoms with Gasteiger partial charge < -0.3 is 16.5 Å². The van der Waals surface area contributed by atoms with Crippen LogP contribution in [0.4, 0.5) is 10.2 Å². The monoisotopic (exact) mass is 320 g/mol. The third-order valence-electron chi connectivity index (χ3n) is 4.46. The molecule has 0 aromatic carbocycles. The fourth-order valence-corrected chi connectivity index (χ4v) is 3.10. The summed E-state index contributed by atoms with van der Waals surface area (Å²) < 4.78 is 16.4. The fourth-order valence-electron chi connectivity index (χ4n) is 3.10. The van der Waals surface area contributed by atoms with E-state index in [1.807, 2.05) is 0 Å². The van der Waals surface area contributed by atoms with Gasteiger partial charge in [-0.15, -0.1) is 0 Å². The number of nitrogens with zero attached hydrogens (tertiary/aromatic N) is 4. The summed E-state index contributed by atoms with van der Waals surface area (Å²) in [6, 6.07) is 1.05. The van der Waals surface area contributed by atoms with Crippen LogP contribution < -0.4 is 27.7 Å². The number of halogens is 1. The van der Waals surface area contributed by atoms with Gasteiger partial charge in [0.2, 0.25) is 0 Å². The largest absolute Gasteiger partial charge is 0.353 e. The molecule has 1 saturated carbocycles. The van der Waals surface area contributed by atoms with Crippen molar-refractivity contribution < 1.29 is 4.39 Å². The Hall–Kier alpha value is -2.42. The first-order valence-corrected chi connectivity index (χ1v) is 7.61. The molecular formula is C14H17FN6O2. The maximum atomic E-state index is 14.4. The van der Waals surface area contributed by atoms with Crippen molar-refractivity contribution in [3.8, 4) is 0 Å². The lowest BCUT2D eigenvalue weighted by molar-refractivity contribution is 0.610. The van der Waals surface area contributed by atoms with Crippen LogP contribution in [0.2, 0.25) is 0 Å². The van der Waals surface area contributed by atoms with Gasteiger partial charge in [-0.1, -0.05) is 0 Å². The van der Waals surface area contributed by atoms with Gasteiger partial charge in [0.15, 0.2) is 17.3 Å². The Bertz CT molecular complexity index is 916. The van der Waals surface area contributed by atoms with Crippen LogP contribution in [0.3, 0.4) is 0 Å². The number of aromatic nitrogens is 3. The van der Waals surface area contributed by atoms with Crippen molar-refractivity contribution >= 4 is 16.9 Å².